The van der Waals surface area contributed by atoms with E-state index in [0.29, 0.717) is 40.6 Å². The van der Waals surface area contributed by atoms with Crippen molar-refractivity contribution in [3.8, 4) is 5.75 Å². The molecule has 2 aromatic carbocycles. The van der Waals surface area contributed by atoms with E-state index in [1.807, 2.05) is 0 Å². The minimum atomic E-state index is -1.36. The Labute approximate surface area is 208 Å². The van der Waals surface area contributed by atoms with Crippen LogP contribution in [0.5, 0.6) is 5.75 Å². The van der Waals surface area contributed by atoms with E-state index in [0.717, 1.165) is 17.4 Å². The molecular weight excluding hydrogens is 497 g/mol. The number of fused-ring (bicyclic) bond motifs is 1. The maximum atomic E-state index is 14.5. The minimum absolute atomic E-state index is 0.0195. The molecule has 0 spiro atoms. The molecule has 1 heterocycles. The van der Waals surface area contributed by atoms with Crippen LogP contribution in [-0.2, 0) is 4.79 Å². The topological polar surface area (TPSA) is 105 Å². The Bertz CT molecular complexity index is 1300. The lowest BCUT2D eigenvalue weighted by atomic mass is 9.87. The molecule has 0 aliphatic heterocycles. The second-order valence-electron chi connectivity index (χ2n) is 8.45. The number of nitrogens with one attached hydrogen (secondary N) is 2. The quantitative estimate of drug-likeness (QED) is 0.380. The van der Waals surface area contributed by atoms with Gasteiger partial charge in [-0.25, -0.2) is 8.78 Å². The highest BCUT2D eigenvalue weighted by Gasteiger charge is 2.28. The summed E-state index contributed by atoms with van der Waals surface area (Å²) in [5, 5.41) is 14.7. The summed E-state index contributed by atoms with van der Waals surface area (Å²) in [4.78, 5) is 36.0. The zero-order valence-electron chi connectivity index (χ0n) is 19.0. The van der Waals surface area contributed by atoms with Gasteiger partial charge in [0.15, 0.2) is 11.6 Å². The van der Waals surface area contributed by atoms with Crippen LogP contribution in [0.15, 0.2) is 36.4 Å². The Morgan fingerprint density at radius 3 is 2.31 bits per heavy atom. The fraction of sp³-hybridized carbons (Fsp3) is 0.320. The highest BCUT2D eigenvalue weighted by molar-refractivity contribution is 7.20. The molecule has 190 valence electrons. The second kappa shape index (κ2) is 11.0. The molecule has 1 saturated carbocycles. The Hall–Kier alpha value is -3.60. The van der Waals surface area contributed by atoms with E-state index in [2.05, 4.69) is 10.6 Å². The number of thiophene rings is 1. The third-order valence-electron chi connectivity index (χ3n) is 6.02. The number of aliphatic carboxylic acids is 1. The van der Waals surface area contributed by atoms with Gasteiger partial charge in [0.2, 0.25) is 5.82 Å². The van der Waals surface area contributed by atoms with Crippen LogP contribution in [0.3, 0.4) is 0 Å². The van der Waals surface area contributed by atoms with E-state index in [9.17, 15) is 27.6 Å². The number of amides is 2. The minimum Gasteiger partial charge on any atom is -0.487 e. The number of carbonyl (C=O) groups excluding carboxylic acids is 2. The average molecular weight is 521 g/mol. The first kappa shape index (κ1) is 25.5. The SMILES string of the molecule is O=C(NCCNC(=O)c1ccc(O[C@H]2CC[C@@H](C(=O)O)CC2)c(F)c1F)c1cc2cccc(F)c2s1. The average Bonchev–Trinajstić information content (AvgIpc) is 3.31. The predicted octanol–water partition coefficient (Wildman–Crippen LogP) is 4.50. The van der Waals surface area contributed by atoms with Gasteiger partial charge >= 0.3 is 5.97 Å². The van der Waals surface area contributed by atoms with Gasteiger partial charge in [0.05, 0.1) is 27.2 Å². The molecule has 1 aromatic heterocycles. The predicted molar refractivity (Wildman–Crippen MR) is 127 cm³/mol. The number of hydrogen-bond donors (Lipinski definition) is 3. The fourth-order valence-corrected chi connectivity index (χ4v) is 5.06. The second-order valence-corrected chi connectivity index (χ2v) is 9.50. The standard InChI is InChI=1S/C25H23F3N2O5S/c26-17-3-1-2-14-12-19(36-22(14)17)24(32)30-11-10-29-23(31)16-8-9-18(21(28)20(16)27)35-15-6-4-13(5-7-15)25(33)34/h1-3,8-9,12-13,15H,4-7,10-11H2,(H,29,31)(H,30,32)(H,33,34)/t13-,15+. The molecular formula is C25H23F3N2O5S. The van der Waals surface area contributed by atoms with Crippen molar-refractivity contribution in [1.29, 1.82) is 0 Å². The Kier molecular flexibility index (Phi) is 7.78. The maximum absolute atomic E-state index is 14.5. The largest absolute Gasteiger partial charge is 0.487 e. The van der Waals surface area contributed by atoms with E-state index in [1.54, 1.807) is 18.2 Å². The number of rotatable bonds is 8. The first-order valence-corrected chi connectivity index (χ1v) is 12.2. The van der Waals surface area contributed by atoms with Crippen LogP contribution in [0.1, 0.15) is 45.7 Å². The molecule has 3 N–H and O–H groups in total. The lowest BCUT2D eigenvalue weighted by Gasteiger charge is -2.27. The van der Waals surface area contributed by atoms with Crippen molar-refractivity contribution in [2.24, 2.45) is 5.92 Å². The molecule has 3 aromatic rings. The third kappa shape index (κ3) is 5.62. The van der Waals surface area contributed by atoms with Crippen molar-refractivity contribution < 1.29 is 37.4 Å². The van der Waals surface area contributed by atoms with Crippen molar-refractivity contribution in [3.63, 3.8) is 0 Å². The van der Waals surface area contributed by atoms with Gasteiger partial charge in [0.25, 0.3) is 11.8 Å². The number of benzene rings is 2. The summed E-state index contributed by atoms with van der Waals surface area (Å²) in [6.07, 6.45) is 1.15. The van der Waals surface area contributed by atoms with Crippen molar-refractivity contribution in [2.45, 2.75) is 31.8 Å². The number of carboxylic acids is 1. The van der Waals surface area contributed by atoms with Crippen LogP contribution in [0, 0.1) is 23.4 Å². The van der Waals surface area contributed by atoms with Gasteiger partial charge < -0.3 is 20.5 Å². The van der Waals surface area contributed by atoms with E-state index >= 15 is 0 Å². The molecule has 0 bridgehead atoms. The first-order valence-electron chi connectivity index (χ1n) is 11.4. The van der Waals surface area contributed by atoms with Gasteiger partial charge in [-0.3, -0.25) is 14.4 Å². The Morgan fingerprint density at radius 2 is 1.64 bits per heavy atom. The van der Waals surface area contributed by atoms with Crippen LogP contribution in [0.25, 0.3) is 10.1 Å². The summed E-state index contributed by atoms with van der Waals surface area (Å²) in [5.74, 6) is -6.06. The van der Waals surface area contributed by atoms with Crippen molar-refractivity contribution in [2.75, 3.05) is 13.1 Å². The molecule has 0 radical (unpaired) electrons. The molecule has 1 aliphatic rings. The number of carboxylic acid groups (broad SMARTS) is 1. The fourth-order valence-electron chi connectivity index (χ4n) is 4.08. The van der Waals surface area contributed by atoms with Crippen LogP contribution in [0.4, 0.5) is 13.2 Å². The van der Waals surface area contributed by atoms with Gasteiger partial charge in [0.1, 0.15) is 5.82 Å². The molecule has 36 heavy (non-hydrogen) atoms. The van der Waals surface area contributed by atoms with Crippen molar-refractivity contribution >= 4 is 39.2 Å². The lowest BCUT2D eigenvalue weighted by molar-refractivity contribution is -0.143. The highest BCUT2D eigenvalue weighted by atomic mass is 32.1. The number of hydrogen-bond acceptors (Lipinski definition) is 5. The van der Waals surface area contributed by atoms with E-state index in [4.69, 9.17) is 9.84 Å². The highest BCUT2D eigenvalue weighted by Crippen LogP contribution is 2.31. The normalized spacial score (nSPS) is 17.5. The molecule has 0 atom stereocenters. The molecule has 1 fully saturated rings. The summed E-state index contributed by atoms with van der Waals surface area (Å²) in [6, 6.07) is 8.39. The molecule has 2 amide bonds. The molecule has 7 nitrogen and oxygen atoms in total. The molecule has 1 aliphatic carbocycles. The van der Waals surface area contributed by atoms with Crippen LogP contribution < -0.4 is 15.4 Å². The summed E-state index contributed by atoms with van der Waals surface area (Å²) in [7, 11) is 0. The van der Waals surface area contributed by atoms with E-state index in [-0.39, 0.29) is 18.8 Å². The summed E-state index contributed by atoms with van der Waals surface area (Å²) < 4.78 is 48.8. The first-order chi connectivity index (χ1) is 17.2. The van der Waals surface area contributed by atoms with Gasteiger partial charge in [-0.15, -0.1) is 11.3 Å². The van der Waals surface area contributed by atoms with Gasteiger partial charge in [-0.1, -0.05) is 12.1 Å². The molecule has 0 unspecified atom stereocenters. The number of carbonyl (C=O) groups is 3. The van der Waals surface area contributed by atoms with Gasteiger partial charge in [0, 0.05) is 13.1 Å². The van der Waals surface area contributed by atoms with Gasteiger partial charge in [-0.2, -0.15) is 4.39 Å². The summed E-state index contributed by atoms with van der Waals surface area (Å²) >= 11 is 1.01. The van der Waals surface area contributed by atoms with Crippen molar-refractivity contribution in [3.05, 3.63) is 64.3 Å². The van der Waals surface area contributed by atoms with Gasteiger partial charge in [-0.05, 0) is 55.3 Å². The maximum Gasteiger partial charge on any atom is 0.306 e. The summed E-state index contributed by atoms with van der Waals surface area (Å²) in [6.45, 7) is -0.0262. The summed E-state index contributed by atoms with van der Waals surface area (Å²) in [5.41, 5.74) is -0.513. The lowest BCUT2D eigenvalue weighted by Crippen LogP contribution is -2.34. The Morgan fingerprint density at radius 1 is 0.944 bits per heavy atom. The van der Waals surface area contributed by atoms with E-state index < -0.39 is 52.8 Å². The zero-order chi connectivity index (χ0) is 25.8. The number of ether oxygens (including phenoxy) is 1. The van der Waals surface area contributed by atoms with E-state index in [1.165, 1.54) is 12.1 Å². The van der Waals surface area contributed by atoms with Crippen LogP contribution >= 0.6 is 11.3 Å². The Balaban J connectivity index is 1.28. The van der Waals surface area contributed by atoms with Crippen LogP contribution in [0.2, 0.25) is 0 Å². The molecule has 0 saturated heterocycles. The number of halogens is 3. The smallest absolute Gasteiger partial charge is 0.306 e. The monoisotopic (exact) mass is 520 g/mol. The third-order valence-corrected chi connectivity index (χ3v) is 7.18. The molecule has 4 rings (SSSR count). The van der Waals surface area contributed by atoms with Crippen molar-refractivity contribution in [1.82, 2.24) is 10.6 Å². The molecule has 11 heteroatoms. The van der Waals surface area contributed by atoms with Crippen LogP contribution in [-0.4, -0.2) is 42.1 Å². The zero-order valence-corrected chi connectivity index (χ0v) is 19.8.